The van der Waals surface area contributed by atoms with E-state index in [-0.39, 0.29) is 15.9 Å². The second-order valence-electron chi connectivity index (χ2n) is 8.24. The molecule has 1 heterocycles. The van der Waals surface area contributed by atoms with Crippen LogP contribution in [0.15, 0.2) is 57.9 Å². The van der Waals surface area contributed by atoms with E-state index in [9.17, 15) is 13.2 Å². The molecule has 1 aromatic heterocycles. The standard InChI is InChI=1S/C22H25N3O4S/c1-14-9-10-15(2)18(11-14)30(27,28)25-17-8-6-7-16(12-17)21(26)23-20-13-19(29-24-20)22(3,4)5/h6-13,25H,1-5H3,(H,23,24,26). The van der Waals surface area contributed by atoms with Gasteiger partial charge in [0.2, 0.25) is 0 Å². The molecule has 0 aliphatic carbocycles. The Balaban J connectivity index is 1.79. The molecule has 1 amide bonds. The molecule has 158 valence electrons. The monoisotopic (exact) mass is 427 g/mol. The predicted octanol–water partition coefficient (Wildman–Crippen LogP) is 4.64. The van der Waals surface area contributed by atoms with Crippen LogP contribution in [0.3, 0.4) is 0 Å². The molecule has 3 rings (SSSR count). The average Bonchev–Trinajstić information content (AvgIpc) is 3.12. The van der Waals surface area contributed by atoms with Gasteiger partial charge in [0.1, 0.15) is 5.76 Å². The van der Waals surface area contributed by atoms with Crippen molar-refractivity contribution in [2.45, 2.75) is 44.9 Å². The summed E-state index contributed by atoms with van der Waals surface area (Å²) in [6.45, 7) is 9.50. The number of rotatable bonds is 5. The SMILES string of the molecule is Cc1ccc(C)c(S(=O)(=O)Nc2cccc(C(=O)Nc3cc(C(C)(C)C)on3)c2)c1. The first-order valence-corrected chi connectivity index (χ1v) is 10.9. The minimum atomic E-state index is -3.79. The van der Waals surface area contributed by atoms with Crippen LogP contribution < -0.4 is 10.0 Å². The summed E-state index contributed by atoms with van der Waals surface area (Å²) in [7, 11) is -3.79. The van der Waals surface area contributed by atoms with Crippen LogP contribution in [0.25, 0.3) is 0 Å². The molecule has 0 unspecified atom stereocenters. The number of aryl methyl sites for hydroxylation is 2. The van der Waals surface area contributed by atoms with Crippen LogP contribution in [-0.4, -0.2) is 19.5 Å². The van der Waals surface area contributed by atoms with Crippen molar-refractivity contribution in [3.63, 3.8) is 0 Å². The van der Waals surface area contributed by atoms with Gasteiger partial charge in [-0.1, -0.05) is 44.1 Å². The van der Waals surface area contributed by atoms with Crippen LogP contribution in [0.1, 0.15) is 48.0 Å². The van der Waals surface area contributed by atoms with Gasteiger partial charge in [0.15, 0.2) is 5.82 Å². The van der Waals surface area contributed by atoms with E-state index in [1.807, 2.05) is 33.8 Å². The van der Waals surface area contributed by atoms with E-state index in [1.54, 1.807) is 43.3 Å². The summed E-state index contributed by atoms with van der Waals surface area (Å²) >= 11 is 0. The fraction of sp³-hybridized carbons (Fsp3) is 0.273. The highest BCUT2D eigenvalue weighted by molar-refractivity contribution is 7.92. The van der Waals surface area contributed by atoms with Crippen LogP contribution in [0.4, 0.5) is 11.5 Å². The Morgan fingerprint density at radius 3 is 2.43 bits per heavy atom. The van der Waals surface area contributed by atoms with E-state index in [1.165, 1.54) is 6.07 Å². The molecule has 0 bridgehead atoms. The third-order valence-corrected chi connectivity index (χ3v) is 6.02. The van der Waals surface area contributed by atoms with Gasteiger partial charge in [0.05, 0.1) is 4.90 Å². The lowest BCUT2D eigenvalue weighted by molar-refractivity contribution is 0.102. The average molecular weight is 428 g/mol. The first-order valence-electron chi connectivity index (χ1n) is 9.44. The molecule has 0 radical (unpaired) electrons. The minimum absolute atomic E-state index is 0.203. The van der Waals surface area contributed by atoms with Gasteiger partial charge in [0.25, 0.3) is 15.9 Å². The lowest BCUT2D eigenvalue weighted by Crippen LogP contribution is -2.16. The Morgan fingerprint density at radius 2 is 1.77 bits per heavy atom. The zero-order valence-corrected chi connectivity index (χ0v) is 18.4. The van der Waals surface area contributed by atoms with Gasteiger partial charge in [0, 0.05) is 22.7 Å². The van der Waals surface area contributed by atoms with E-state index >= 15 is 0 Å². The maximum atomic E-state index is 12.8. The highest BCUT2D eigenvalue weighted by Gasteiger charge is 2.21. The number of nitrogens with zero attached hydrogens (tertiary/aromatic N) is 1. The first kappa shape index (κ1) is 21.6. The quantitative estimate of drug-likeness (QED) is 0.618. The van der Waals surface area contributed by atoms with Crippen LogP contribution in [-0.2, 0) is 15.4 Å². The number of carbonyl (C=O) groups is 1. The molecule has 0 saturated carbocycles. The van der Waals surface area contributed by atoms with Crippen molar-refractivity contribution in [3.05, 3.63) is 71.0 Å². The molecule has 2 aromatic carbocycles. The van der Waals surface area contributed by atoms with Crippen LogP contribution in [0, 0.1) is 13.8 Å². The molecule has 3 aromatic rings. The van der Waals surface area contributed by atoms with E-state index in [4.69, 9.17) is 4.52 Å². The van der Waals surface area contributed by atoms with Gasteiger partial charge >= 0.3 is 0 Å². The highest BCUT2D eigenvalue weighted by Crippen LogP contribution is 2.25. The van der Waals surface area contributed by atoms with Crippen molar-refractivity contribution >= 4 is 27.4 Å². The number of hydrogen-bond donors (Lipinski definition) is 2. The number of anilines is 2. The summed E-state index contributed by atoms with van der Waals surface area (Å²) in [5, 5.41) is 6.54. The number of carbonyl (C=O) groups excluding carboxylic acids is 1. The molecule has 0 aliphatic heterocycles. The van der Waals surface area contributed by atoms with Crippen molar-refractivity contribution in [1.82, 2.24) is 5.16 Å². The molecule has 2 N–H and O–H groups in total. The van der Waals surface area contributed by atoms with Crippen molar-refractivity contribution in [1.29, 1.82) is 0 Å². The van der Waals surface area contributed by atoms with Gasteiger partial charge in [-0.2, -0.15) is 0 Å². The molecule has 0 atom stereocenters. The number of amides is 1. The zero-order valence-electron chi connectivity index (χ0n) is 17.6. The minimum Gasteiger partial charge on any atom is -0.359 e. The largest absolute Gasteiger partial charge is 0.359 e. The fourth-order valence-corrected chi connectivity index (χ4v) is 4.19. The summed E-state index contributed by atoms with van der Waals surface area (Å²) in [5.74, 6) is 0.524. The summed E-state index contributed by atoms with van der Waals surface area (Å²) in [4.78, 5) is 12.8. The molecule has 0 saturated heterocycles. The Morgan fingerprint density at radius 1 is 1.03 bits per heavy atom. The van der Waals surface area contributed by atoms with Crippen molar-refractivity contribution in [3.8, 4) is 0 Å². The molecule has 0 fully saturated rings. The van der Waals surface area contributed by atoms with E-state index in [0.717, 1.165) is 5.56 Å². The summed E-state index contributed by atoms with van der Waals surface area (Å²) in [6.07, 6.45) is 0. The second-order valence-corrected chi connectivity index (χ2v) is 9.89. The van der Waals surface area contributed by atoms with Crippen LogP contribution in [0.5, 0.6) is 0 Å². The van der Waals surface area contributed by atoms with E-state index < -0.39 is 15.9 Å². The second kappa shape index (κ2) is 7.95. The number of nitrogens with one attached hydrogen (secondary N) is 2. The molecule has 8 heteroatoms. The van der Waals surface area contributed by atoms with Crippen molar-refractivity contribution < 1.29 is 17.7 Å². The molecular formula is C22H25N3O4S. The normalized spacial score (nSPS) is 11.9. The van der Waals surface area contributed by atoms with Gasteiger partial charge in [-0.15, -0.1) is 0 Å². The Hall–Kier alpha value is -3.13. The maximum absolute atomic E-state index is 12.8. The van der Waals surface area contributed by atoms with Gasteiger partial charge in [-0.25, -0.2) is 8.42 Å². The van der Waals surface area contributed by atoms with E-state index in [0.29, 0.717) is 22.8 Å². The number of aromatic nitrogens is 1. The number of benzene rings is 2. The third kappa shape index (κ3) is 4.88. The van der Waals surface area contributed by atoms with Gasteiger partial charge in [-0.05, 0) is 49.2 Å². The smallest absolute Gasteiger partial charge is 0.262 e. The lowest BCUT2D eigenvalue weighted by atomic mass is 9.93. The molecule has 30 heavy (non-hydrogen) atoms. The molecule has 7 nitrogen and oxygen atoms in total. The van der Waals surface area contributed by atoms with Gasteiger partial charge < -0.3 is 9.84 Å². The van der Waals surface area contributed by atoms with Crippen LogP contribution >= 0.6 is 0 Å². The molecular weight excluding hydrogens is 402 g/mol. The van der Waals surface area contributed by atoms with Gasteiger partial charge in [-0.3, -0.25) is 9.52 Å². The number of hydrogen-bond acceptors (Lipinski definition) is 5. The Bertz CT molecular complexity index is 1190. The summed E-state index contributed by atoms with van der Waals surface area (Å²) < 4.78 is 33.4. The Labute approximate surface area is 176 Å². The van der Waals surface area contributed by atoms with Crippen molar-refractivity contribution in [2.24, 2.45) is 0 Å². The Kier molecular flexibility index (Phi) is 5.72. The molecule has 0 spiro atoms. The maximum Gasteiger partial charge on any atom is 0.262 e. The molecule has 0 aliphatic rings. The highest BCUT2D eigenvalue weighted by atomic mass is 32.2. The summed E-state index contributed by atoms with van der Waals surface area (Å²) in [6, 6.07) is 13.2. The van der Waals surface area contributed by atoms with Crippen molar-refractivity contribution in [2.75, 3.05) is 10.0 Å². The zero-order chi connectivity index (χ0) is 22.1. The third-order valence-electron chi connectivity index (χ3n) is 4.50. The topological polar surface area (TPSA) is 101 Å². The first-order chi connectivity index (χ1) is 14.0. The number of sulfonamides is 1. The predicted molar refractivity (Wildman–Crippen MR) is 116 cm³/mol. The summed E-state index contributed by atoms with van der Waals surface area (Å²) in [5.41, 5.74) is 1.83. The van der Waals surface area contributed by atoms with E-state index in [2.05, 4.69) is 15.2 Å². The lowest BCUT2D eigenvalue weighted by Gasteiger charge is -2.12. The fourth-order valence-electron chi connectivity index (χ4n) is 2.81. The van der Waals surface area contributed by atoms with Crippen LogP contribution in [0.2, 0.25) is 0 Å².